The van der Waals surface area contributed by atoms with Gasteiger partial charge in [-0.25, -0.2) is 9.67 Å². The maximum absolute atomic E-state index is 12.7. The van der Waals surface area contributed by atoms with Crippen LogP contribution in [0.1, 0.15) is 38.7 Å². The van der Waals surface area contributed by atoms with E-state index in [4.69, 9.17) is 19.6 Å². The summed E-state index contributed by atoms with van der Waals surface area (Å²) in [6.45, 7) is 9.66. The van der Waals surface area contributed by atoms with Crippen molar-refractivity contribution in [2.75, 3.05) is 40.0 Å². The van der Waals surface area contributed by atoms with Crippen LogP contribution in [0, 0.1) is 11.3 Å². The molecule has 0 aliphatic carbocycles. The van der Waals surface area contributed by atoms with Gasteiger partial charge in [0.15, 0.2) is 17.4 Å². The summed E-state index contributed by atoms with van der Waals surface area (Å²) in [6.07, 6.45) is 3.97. The highest BCUT2D eigenvalue weighted by Crippen LogP contribution is 2.39. The lowest BCUT2D eigenvalue weighted by Gasteiger charge is -2.52. The third-order valence-electron chi connectivity index (χ3n) is 7.56. The van der Waals surface area contributed by atoms with Crippen molar-refractivity contribution in [3.8, 4) is 28.5 Å². The Labute approximate surface area is 219 Å². The fourth-order valence-electron chi connectivity index (χ4n) is 5.53. The van der Waals surface area contributed by atoms with Crippen LogP contribution < -0.4 is 4.74 Å². The molecule has 196 valence electrons. The lowest BCUT2D eigenvalue weighted by Crippen LogP contribution is -2.58. The van der Waals surface area contributed by atoms with Crippen molar-refractivity contribution in [3.63, 3.8) is 0 Å². The summed E-state index contributed by atoms with van der Waals surface area (Å²) < 4.78 is 12.7. The van der Waals surface area contributed by atoms with Crippen LogP contribution >= 0.6 is 0 Å². The summed E-state index contributed by atoms with van der Waals surface area (Å²) in [5, 5.41) is 4.76. The highest BCUT2D eigenvalue weighted by atomic mass is 16.5. The predicted molar refractivity (Wildman–Crippen MR) is 145 cm³/mol. The van der Waals surface area contributed by atoms with E-state index in [0.717, 1.165) is 43.1 Å². The Balaban J connectivity index is 1.28. The van der Waals surface area contributed by atoms with Crippen LogP contribution in [-0.2, 0) is 22.5 Å². The Bertz CT molecular complexity index is 1200. The number of ether oxygens (including phenoxy) is 2. The van der Waals surface area contributed by atoms with Crippen molar-refractivity contribution in [3.05, 3.63) is 54.1 Å². The van der Waals surface area contributed by atoms with E-state index in [2.05, 4.69) is 43.0 Å². The lowest BCUT2D eigenvalue weighted by molar-refractivity contribution is -0.120. The highest BCUT2D eigenvalue weighted by molar-refractivity contribution is 5.79. The molecule has 0 unspecified atom stereocenters. The molecule has 7 nitrogen and oxygen atoms in total. The molecule has 0 saturated carbocycles. The van der Waals surface area contributed by atoms with Crippen LogP contribution in [0.15, 0.2) is 48.5 Å². The molecule has 0 N–H and O–H groups in total. The van der Waals surface area contributed by atoms with E-state index < -0.39 is 0 Å². The second kappa shape index (κ2) is 11.2. The van der Waals surface area contributed by atoms with Crippen LogP contribution in [0.3, 0.4) is 0 Å². The molecule has 0 amide bonds. The molecule has 37 heavy (non-hydrogen) atoms. The third kappa shape index (κ3) is 6.11. The molecule has 0 atom stereocenters. The topological polar surface area (TPSA) is 69.5 Å². The van der Waals surface area contributed by atoms with Gasteiger partial charge < -0.3 is 14.4 Å². The van der Waals surface area contributed by atoms with Crippen LogP contribution in [0.5, 0.6) is 5.75 Å². The molecule has 0 bridgehead atoms. The molecule has 3 heterocycles. The first-order chi connectivity index (χ1) is 17.9. The number of carbonyl (C=O) groups is 1. The molecule has 2 saturated heterocycles. The zero-order valence-corrected chi connectivity index (χ0v) is 22.3. The molecular weight excluding hydrogens is 464 g/mol. The van der Waals surface area contributed by atoms with E-state index in [9.17, 15) is 4.79 Å². The van der Waals surface area contributed by atoms with Crippen molar-refractivity contribution in [2.45, 2.75) is 46.1 Å². The van der Waals surface area contributed by atoms with Crippen LogP contribution in [0.25, 0.3) is 22.8 Å². The Morgan fingerprint density at radius 3 is 2.54 bits per heavy atom. The fraction of sp³-hybridized carbons (Fsp3) is 0.500. The number of methoxy groups -OCH3 is 1. The molecule has 1 spiro atoms. The standard InChI is InChI=1S/C30H38N4O3/c1-22(2)17-26(35)19-34-29(25-5-4-6-27(18-25)36-3)31-28(32-34)24-9-7-23(8-10-24)11-14-33-20-30(21-33)12-15-37-16-13-30/h4-10,18,22H,11-17,19-21H2,1-3H3. The lowest BCUT2D eigenvalue weighted by atomic mass is 9.73. The molecule has 2 aliphatic heterocycles. The van der Waals surface area contributed by atoms with Crippen LogP contribution in [-0.4, -0.2) is 65.4 Å². The second-order valence-electron chi connectivity index (χ2n) is 11.1. The average molecular weight is 503 g/mol. The minimum Gasteiger partial charge on any atom is -0.497 e. The van der Waals surface area contributed by atoms with Crippen molar-refractivity contribution < 1.29 is 14.3 Å². The van der Waals surface area contributed by atoms with Gasteiger partial charge in [-0.15, -0.1) is 5.10 Å². The van der Waals surface area contributed by atoms with Gasteiger partial charge in [0.2, 0.25) is 0 Å². The largest absolute Gasteiger partial charge is 0.497 e. The molecule has 2 fully saturated rings. The monoisotopic (exact) mass is 502 g/mol. The smallest absolute Gasteiger partial charge is 0.181 e. The summed E-state index contributed by atoms with van der Waals surface area (Å²) in [6, 6.07) is 16.3. The minimum atomic E-state index is 0.152. The van der Waals surface area contributed by atoms with E-state index in [0.29, 0.717) is 29.4 Å². The fourth-order valence-corrected chi connectivity index (χ4v) is 5.53. The van der Waals surface area contributed by atoms with E-state index in [1.807, 2.05) is 24.3 Å². The van der Waals surface area contributed by atoms with Gasteiger partial charge in [-0.3, -0.25) is 4.79 Å². The average Bonchev–Trinajstić information content (AvgIpc) is 3.30. The van der Waals surface area contributed by atoms with Gasteiger partial charge in [0.05, 0.1) is 7.11 Å². The Hall–Kier alpha value is -3.03. The zero-order chi connectivity index (χ0) is 25.8. The van der Waals surface area contributed by atoms with Gasteiger partial charge in [0.1, 0.15) is 12.3 Å². The summed E-state index contributed by atoms with van der Waals surface area (Å²) in [5.74, 6) is 2.51. The SMILES string of the molecule is COc1cccc(-c2nc(-c3ccc(CCN4CC5(CCOCC5)C4)cc3)nn2CC(=O)CC(C)C)c1. The molecule has 2 aliphatic rings. The number of benzene rings is 2. The summed E-state index contributed by atoms with van der Waals surface area (Å²) in [7, 11) is 1.65. The number of rotatable bonds is 10. The van der Waals surface area contributed by atoms with Gasteiger partial charge >= 0.3 is 0 Å². The van der Waals surface area contributed by atoms with E-state index in [1.54, 1.807) is 11.8 Å². The summed E-state index contributed by atoms with van der Waals surface area (Å²) in [5.41, 5.74) is 3.66. The van der Waals surface area contributed by atoms with E-state index >= 15 is 0 Å². The first-order valence-corrected chi connectivity index (χ1v) is 13.4. The normalized spacial score (nSPS) is 17.2. The molecule has 5 rings (SSSR count). The van der Waals surface area contributed by atoms with Crippen molar-refractivity contribution >= 4 is 5.78 Å². The summed E-state index contributed by atoms with van der Waals surface area (Å²) >= 11 is 0. The van der Waals surface area contributed by atoms with Gasteiger partial charge in [-0.05, 0) is 42.9 Å². The zero-order valence-electron chi connectivity index (χ0n) is 22.3. The number of Topliss-reactive ketones (excluding diaryl/α,β-unsaturated/α-hetero) is 1. The van der Waals surface area contributed by atoms with Crippen molar-refractivity contribution in [2.24, 2.45) is 11.3 Å². The van der Waals surface area contributed by atoms with Gasteiger partial charge in [-0.2, -0.15) is 0 Å². The van der Waals surface area contributed by atoms with Crippen molar-refractivity contribution in [1.29, 1.82) is 0 Å². The molecule has 1 aromatic heterocycles. The third-order valence-corrected chi connectivity index (χ3v) is 7.56. The maximum Gasteiger partial charge on any atom is 0.181 e. The summed E-state index contributed by atoms with van der Waals surface area (Å²) in [4.78, 5) is 20.1. The van der Waals surface area contributed by atoms with E-state index in [1.165, 1.54) is 31.5 Å². The molecule has 2 aromatic carbocycles. The number of aromatic nitrogens is 3. The van der Waals surface area contributed by atoms with E-state index in [-0.39, 0.29) is 12.3 Å². The van der Waals surface area contributed by atoms with Crippen molar-refractivity contribution in [1.82, 2.24) is 19.7 Å². The first-order valence-electron chi connectivity index (χ1n) is 13.4. The van der Waals surface area contributed by atoms with Crippen LogP contribution in [0.2, 0.25) is 0 Å². The Morgan fingerprint density at radius 2 is 1.84 bits per heavy atom. The number of hydrogen-bond donors (Lipinski definition) is 0. The highest BCUT2D eigenvalue weighted by Gasteiger charge is 2.43. The molecule has 0 radical (unpaired) electrons. The number of carbonyl (C=O) groups excluding carboxylic acids is 1. The predicted octanol–water partition coefficient (Wildman–Crippen LogP) is 4.89. The first kappa shape index (κ1) is 25.6. The quantitative estimate of drug-likeness (QED) is 0.393. The van der Waals surface area contributed by atoms with Gasteiger partial charge in [0, 0.05) is 55.8 Å². The van der Waals surface area contributed by atoms with Gasteiger partial charge in [0.25, 0.3) is 0 Å². The molecular formula is C30H38N4O3. The molecule has 7 heteroatoms. The number of nitrogens with zero attached hydrogens (tertiary/aromatic N) is 4. The Kier molecular flexibility index (Phi) is 7.72. The Morgan fingerprint density at radius 1 is 1.08 bits per heavy atom. The number of ketones is 1. The number of hydrogen-bond acceptors (Lipinski definition) is 6. The van der Waals surface area contributed by atoms with Crippen LogP contribution in [0.4, 0.5) is 0 Å². The number of likely N-dealkylation sites (tertiary alicyclic amines) is 1. The molecule has 3 aromatic rings. The maximum atomic E-state index is 12.7. The second-order valence-corrected chi connectivity index (χ2v) is 11.1. The van der Waals surface area contributed by atoms with Gasteiger partial charge in [-0.1, -0.05) is 50.2 Å². The minimum absolute atomic E-state index is 0.152.